The molecule has 3 rings (SSSR count). The number of hydrogen-bond acceptors (Lipinski definition) is 0. The molecule has 0 atom stereocenters. The van der Waals surface area contributed by atoms with E-state index in [1.54, 1.807) is 12.1 Å². The van der Waals surface area contributed by atoms with Crippen molar-refractivity contribution in [1.29, 1.82) is 0 Å². The van der Waals surface area contributed by atoms with Gasteiger partial charge in [-0.15, -0.1) is 0 Å². The Morgan fingerprint density at radius 1 is 0.450 bits per heavy atom. The van der Waals surface area contributed by atoms with E-state index >= 15 is 0 Å². The molecular formula is C18H12F2. The normalized spacial score (nSPS) is 10.5. The van der Waals surface area contributed by atoms with E-state index in [9.17, 15) is 8.78 Å². The Morgan fingerprint density at radius 3 is 1.55 bits per heavy atom. The van der Waals surface area contributed by atoms with E-state index in [0.717, 1.165) is 11.1 Å². The molecule has 0 aliphatic carbocycles. The second-order valence-corrected chi connectivity index (χ2v) is 4.54. The maximum absolute atomic E-state index is 13.7. The van der Waals surface area contributed by atoms with Gasteiger partial charge in [-0.2, -0.15) is 0 Å². The van der Waals surface area contributed by atoms with Crippen LogP contribution in [0.2, 0.25) is 0 Å². The van der Waals surface area contributed by atoms with E-state index < -0.39 is 11.6 Å². The number of benzene rings is 3. The third kappa shape index (κ3) is 2.32. The molecule has 0 aromatic heterocycles. The fourth-order valence-corrected chi connectivity index (χ4v) is 2.23. The van der Waals surface area contributed by atoms with Gasteiger partial charge in [0, 0.05) is 0 Å². The van der Waals surface area contributed by atoms with Gasteiger partial charge in [-0.05, 0) is 28.8 Å². The van der Waals surface area contributed by atoms with Crippen molar-refractivity contribution in [1.82, 2.24) is 0 Å². The van der Waals surface area contributed by atoms with Crippen LogP contribution < -0.4 is 0 Å². The van der Waals surface area contributed by atoms with E-state index in [4.69, 9.17) is 0 Å². The molecule has 0 unspecified atom stereocenters. The minimum Gasteiger partial charge on any atom is -0.206 e. The van der Waals surface area contributed by atoms with E-state index in [0.29, 0.717) is 5.56 Å². The van der Waals surface area contributed by atoms with Crippen molar-refractivity contribution in [3.05, 3.63) is 84.4 Å². The molecule has 0 nitrogen and oxygen atoms in total. The maximum Gasteiger partial charge on any atom is 0.133 e. The molecule has 20 heavy (non-hydrogen) atoms. The van der Waals surface area contributed by atoms with Crippen LogP contribution in [0.3, 0.4) is 0 Å². The molecule has 0 heterocycles. The van der Waals surface area contributed by atoms with Crippen LogP contribution in [0.4, 0.5) is 8.78 Å². The van der Waals surface area contributed by atoms with Crippen LogP contribution in [-0.4, -0.2) is 0 Å². The topological polar surface area (TPSA) is 0 Å². The molecule has 0 aliphatic heterocycles. The van der Waals surface area contributed by atoms with Crippen LogP contribution in [0.5, 0.6) is 0 Å². The third-order valence-electron chi connectivity index (χ3n) is 3.24. The molecule has 0 amide bonds. The largest absolute Gasteiger partial charge is 0.206 e. The number of rotatable bonds is 2. The molecule has 0 fully saturated rings. The lowest BCUT2D eigenvalue weighted by molar-refractivity contribution is 0.589. The summed E-state index contributed by atoms with van der Waals surface area (Å²) in [5.41, 5.74) is 2.66. The zero-order valence-electron chi connectivity index (χ0n) is 10.7. The van der Waals surface area contributed by atoms with Gasteiger partial charge < -0.3 is 0 Å². The Hall–Kier alpha value is -2.48. The first-order chi connectivity index (χ1) is 9.75. The van der Waals surface area contributed by atoms with Gasteiger partial charge in [0.15, 0.2) is 0 Å². The van der Waals surface area contributed by atoms with Crippen molar-refractivity contribution in [3.8, 4) is 22.3 Å². The molecule has 0 saturated heterocycles. The smallest absolute Gasteiger partial charge is 0.133 e. The lowest BCUT2D eigenvalue weighted by Crippen LogP contribution is -1.89. The predicted molar refractivity (Wildman–Crippen MR) is 77.2 cm³/mol. The van der Waals surface area contributed by atoms with Crippen molar-refractivity contribution in [2.75, 3.05) is 0 Å². The number of halogens is 2. The molecule has 98 valence electrons. The summed E-state index contributed by atoms with van der Waals surface area (Å²) in [4.78, 5) is 0. The molecule has 0 saturated carbocycles. The molecule has 0 spiro atoms. The maximum atomic E-state index is 13.7. The summed E-state index contributed by atoms with van der Waals surface area (Å²) in [7, 11) is 0. The summed E-state index contributed by atoms with van der Waals surface area (Å²) in [6.07, 6.45) is 0. The van der Waals surface area contributed by atoms with Gasteiger partial charge in [0.2, 0.25) is 0 Å². The van der Waals surface area contributed by atoms with Crippen LogP contribution in [0.25, 0.3) is 22.3 Å². The van der Waals surface area contributed by atoms with Gasteiger partial charge in [-0.1, -0.05) is 60.7 Å². The molecular weight excluding hydrogens is 254 g/mol. The monoisotopic (exact) mass is 266 g/mol. The summed E-state index contributed by atoms with van der Waals surface area (Å²) in [6, 6.07) is 21.0. The fraction of sp³-hybridized carbons (Fsp3) is 0. The van der Waals surface area contributed by atoms with Crippen LogP contribution >= 0.6 is 0 Å². The minimum atomic E-state index is -0.544. The first-order valence-corrected chi connectivity index (χ1v) is 6.35. The quantitative estimate of drug-likeness (QED) is 0.590. The summed E-state index contributed by atoms with van der Waals surface area (Å²) < 4.78 is 27.4. The fourth-order valence-electron chi connectivity index (χ4n) is 2.23. The highest BCUT2D eigenvalue weighted by Gasteiger charge is 2.10. The van der Waals surface area contributed by atoms with E-state index in [1.807, 2.05) is 42.5 Å². The summed E-state index contributed by atoms with van der Waals surface area (Å²) in [6.45, 7) is 0. The first kappa shape index (κ1) is 12.5. The van der Waals surface area contributed by atoms with Gasteiger partial charge in [0.25, 0.3) is 0 Å². The van der Waals surface area contributed by atoms with E-state index in [2.05, 4.69) is 0 Å². The summed E-state index contributed by atoms with van der Waals surface area (Å²) in [5, 5.41) is 0. The molecule has 3 aromatic rings. The minimum absolute atomic E-state index is 0.0205. The van der Waals surface area contributed by atoms with Gasteiger partial charge in [-0.25, -0.2) is 8.78 Å². The summed E-state index contributed by atoms with van der Waals surface area (Å²) >= 11 is 0. The third-order valence-corrected chi connectivity index (χ3v) is 3.24. The molecule has 0 bridgehead atoms. The molecule has 2 heteroatoms. The number of hydrogen-bond donors (Lipinski definition) is 0. The Balaban J connectivity index is 2.02. The van der Waals surface area contributed by atoms with Crippen LogP contribution in [0.15, 0.2) is 72.8 Å². The Labute approximate surface area is 116 Å². The lowest BCUT2D eigenvalue weighted by Gasteiger charge is -2.07. The average molecular weight is 266 g/mol. The predicted octanol–water partition coefficient (Wildman–Crippen LogP) is 5.30. The van der Waals surface area contributed by atoms with Crippen LogP contribution in [0.1, 0.15) is 0 Å². The van der Waals surface area contributed by atoms with Gasteiger partial charge in [0.1, 0.15) is 11.6 Å². The van der Waals surface area contributed by atoms with E-state index in [1.165, 1.54) is 18.2 Å². The molecule has 0 aliphatic rings. The van der Waals surface area contributed by atoms with Crippen molar-refractivity contribution in [2.45, 2.75) is 0 Å². The molecule has 0 radical (unpaired) electrons. The first-order valence-electron chi connectivity index (χ1n) is 6.35. The highest BCUT2D eigenvalue weighted by molar-refractivity contribution is 5.70. The second kappa shape index (κ2) is 5.25. The standard InChI is InChI=1S/C18H12F2/c19-16-7-4-8-17(20)18(16)15-11-9-14(10-12-15)13-5-2-1-3-6-13/h1-12H. The SMILES string of the molecule is Fc1cccc(F)c1-c1ccc(-c2ccccc2)cc1. The van der Waals surface area contributed by atoms with Gasteiger partial charge in [0.05, 0.1) is 5.56 Å². The van der Waals surface area contributed by atoms with Gasteiger partial charge in [-0.3, -0.25) is 0 Å². The van der Waals surface area contributed by atoms with E-state index in [-0.39, 0.29) is 5.56 Å². The van der Waals surface area contributed by atoms with Crippen LogP contribution in [-0.2, 0) is 0 Å². The molecule has 0 N–H and O–H groups in total. The van der Waals surface area contributed by atoms with Crippen LogP contribution in [0, 0.1) is 11.6 Å². The van der Waals surface area contributed by atoms with Crippen molar-refractivity contribution < 1.29 is 8.78 Å². The molecule has 3 aromatic carbocycles. The van der Waals surface area contributed by atoms with Crippen molar-refractivity contribution in [3.63, 3.8) is 0 Å². The lowest BCUT2D eigenvalue weighted by atomic mass is 10.00. The Bertz CT molecular complexity index is 696. The average Bonchev–Trinajstić information content (AvgIpc) is 2.49. The Morgan fingerprint density at radius 2 is 0.950 bits per heavy atom. The second-order valence-electron chi connectivity index (χ2n) is 4.54. The zero-order chi connectivity index (χ0) is 13.9. The van der Waals surface area contributed by atoms with Crippen molar-refractivity contribution >= 4 is 0 Å². The summed E-state index contributed by atoms with van der Waals surface area (Å²) in [5.74, 6) is -1.09. The highest BCUT2D eigenvalue weighted by atomic mass is 19.1. The van der Waals surface area contributed by atoms with Gasteiger partial charge >= 0.3 is 0 Å². The Kier molecular flexibility index (Phi) is 3.30. The highest BCUT2D eigenvalue weighted by Crippen LogP contribution is 2.28. The zero-order valence-corrected chi connectivity index (χ0v) is 10.7. The van der Waals surface area contributed by atoms with Crippen molar-refractivity contribution in [2.24, 2.45) is 0 Å².